The fourth-order valence-electron chi connectivity index (χ4n) is 1.66. The number of nitrogens with two attached hydrogens (primary N) is 1. The van der Waals surface area contributed by atoms with Gasteiger partial charge in [-0.05, 0) is 32.3 Å². The zero-order valence-electron chi connectivity index (χ0n) is 10.4. The highest BCUT2D eigenvalue weighted by molar-refractivity contribution is 5.23. The van der Waals surface area contributed by atoms with E-state index in [0.29, 0.717) is 0 Å². The molecular formula is C13H22N2O. The number of rotatable bonds is 6. The van der Waals surface area contributed by atoms with E-state index in [9.17, 15) is 0 Å². The van der Waals surface area contributed by atoms with E-state index in [2.05, 4.69) is 43.5 Å². The van der Waals surface area contributed by atoms with Crippen LogP contribution < -0.4 is 11.3 Å². The van der Waals surface area contributed by atoms with Gasteiger partial charge in [-0.25, -0.2) is 0 Å². The van der Waals surface area contributed by atoms with Crippen molar-refractivity contribution >= 4 is 0 Å². The Kier molecular flexibility index (Phi) is 5.46. The molecule has 0 spiro atoms. The highest BCUT2D eigenvalue weighted by Gasteiger charge is 2.11. The minimum Gasteiger partial charge on any atom is -0.382 e. The van der Waals surface area contributed by atoms with Crippen LogP contribution >= 0.6 is 0 Å². The van der Waals surface area contributed by atoms with Crippen LogP contribution in [0.2, 0.25) is 0 Å². The van der Waals surface area contributed by atoms with Crippen molar-refractivity contribution in [3.63, 3.8) is 0 Å². The summed E-state index contributed by atoms with van der Waals surface area (Å²) in [6.07, 6.45) is 2.26. The van der Waals surface area contributed by atoms with Gasteiger partial charge in [0.1, 0.15) is 0 Å². The summed E-state index contributed by atoms with van der Waals surface area (Å²) < 4.78 is 5.23. The number of hydrazine groups is 1. The lowest BCUT2D eigenvalue weighted by Gasteiger charge is -2.18. The van der Waals surface area contributed by atoms with Crippen molar-refractivity contribution in [3.05, 3.63) is 35.4 Å². The van der Waals surface area contributed by atoms with Gasteiger partial charge in [-0.3, -0.25) is 11.3 Å². The van der Waals surface area contributed by atoms with Gasteiger partial charge in [0.25, 0.3) is 0 Å². The first-order chi connectivity index (χ1) is 7.67. The Hall–Kier alpha value is -0.900. The predicted molar refractivity (Wildman–Crippen MR) is 66.9 cm³/mol. The molecule has 0 aliphatic rings. The Morgan fingerprint density at radius 3 is 2.38 bits per heavy atom. The fourth-order valence-corrected chi connectivity index (χ4v) is 1.66. The zero-order chi connectivity index (χ0) is 12.0. The Balaban J connectivity index is 2.57. The first-order valence-corrected chi connectivity index (χ1v) is 5.73. The number of benzene rings is 1. The number of nitrogens with one attached hydrogen (secondary N) is 1. The van der Waals surface area contributed by atoms with Crippen LogP contribution in [0.4, 0.5) is 0 Å². The topological polar surface area (TPSA) is 47.3 Å². The summed E-state index contributed by atoms with van der Waals surface area (Å²) in [6.45, 7) is 4.16. The molecule has 0 aliphatic heterocycles. The van der Waals surface area contributed by atoms with Crippen LogP contribution in [0.5, 0.6) is 0 Å². The second kappa shape index (κ2) is 6.63. The van der Waals surface area contributed by atoms with Crippen LogP contribution in [0.25, 0.3) is 0 Å². The van der Waals surface area contributed by atoms with E-state index in [-0.39, 0.29) is 12.1 Å². The van der Waals surface area contributed by atoms with Gasteiger partial charge in [0, 0.05) is 13.2 Å². The number of hydrogen-bond acceptors (Lipinski definition) is 3. The van der Waals surface area contributed by atoms with Gasteiger partial charge in [0.15, 0.2) is 0 Å². The van der Waals surface area contributed by atoms with E-state index in [1.54, 1.807) is 7.11 Å². The largest absolute Gasteiger partial charge is 0.382 e. The molecule has 90 valence electrons. The molecule has 2 atom stereocenters. The highest BCUT2D eigenvalue weighted by atomic mass is 16.5. The van der Waals surface area contributed by atoms with Gasteiger partial charge in [-0.1, -0.05) is 29.8 Å². The van der Waals surface area contributed by atoms with Crippen molar-refractivity contribution in [2.75, 3.05) is 7.11 Å². The van der Waals surface area contributed by atoms with E-state index < -0.39 is 0 Å². The smallest absolute Gasteiger partial charge is 0.0543 e. The molecule has 16 heavy (non-hydrogen) atoms. The van der Waals surface area contributed by atoms with Crippen LogP contribution in [0.3, 0.4) is 0 Å². The molecule has 0 aromatic heterocycles. The SMILES string of the molecule is COC(C)CCC(NN)c1ccc(C)cc1. The van der Waals surface area contributed by atoms with Gasteiger partial charge < -0.3 is 4.74 Å². The molecule has 0 bridgehead atoms. The second-order valence-electron chi connectivity index (χ2n) is 4.25. The predicted octanol–water partition coefficient (Wildman–Crippen LogP) is 2.31. The fraction of sp³-hybridized carbons (Fsp3) is 0.538. The van der Waals surface area contributed by atoms with Crippen LogP contribution in [0.1, 0.15) is 36.9 Å². The molecule has 1 aromatic carbocycles. The average Bonchev–Trinajstić information content (AvgIpc) is 2.31. The quantitative estimate of drug-likeness (QED) is 0.573. The third-order valence-corrected chi connectivity index (χ3v) is 2.95. The Bertz CT molecular complexity index is 297. The Morgan fingerprint density at radius 1 is 1.25 bits per heavy atom. The van der Waals surface area contributed by atoms with E-state index in [1.165, 1.54) is 11.1 Å². The third-order valence-electron chi connectivity index (χ3n) is 2.95. The molecule has 0 aliphatic carbocycles. The summed E-state index contributed by atoms with van der Waals surface area (Å²) in [4.78, 5) is 0. The number of methoxy groups -OCH3 is 1. The number of ether oxygens (including phenoxy) is 1. The molecule has 0 fully saturated rings. The molecule has 1 aromatic rings. The summed E-state index contributed by atoms with van der Waals surface area (Å²) in [7, 11) is 1.74. The minimum atomic E-state index is 0.207. The molecule has 2 unspecified atom stereocenters. The van der Waals surface area contributed by atoms with Crippen LogP contribution in [0.15, 0.2) is 24.3 Å². The van der Waals surface area contributed by atoms with Gasteiger partial charge in [-0.2, -0.15) is 0 Å². The summed E-state index contributed by atoms with van der Waals surface area (Å²) >= 11 is 0. The van der Waals surface area contributed by atoms with E-state index in [0.717, 1.165) is 12.8 Å². The summed E-state index contributed by atoms with van der Waals surface area (Å²) in [6, 6.07) is 8.67. The standard InChI is InChI=1S/C13H22N2O/c1-10-4-7-12(8-5-10)13(15-14)9-6-11(2)16-3/h4-5,7-8,11,13,15H,6,9,14H2,1-3H3. The van der Waals surface area contributed by atoms with Crippen LogP contribution in [0, 0.1) is 6.92 Å². The van der Waals surface area contributed by atoms with Crippen LogP contribution in [-0.4, -0.2) is 13.2 Å². The third kappa shape index (κ3) is 3.93. The average molecular weight is 222 g/mol. The molecule has 0 saturated carbocycles. The maximum absolute atomic E-state index is 5.58. The van der Waals surface area contributed by atoms with Gasteiger partial charge >= 0.3 is 0 Å². The molecule has 0 radical (unpaired) electrons. The van der Waals surface area contributed by atoms with Crippen molar-refractivity contribution in [2.24, 2.45) is 5.84 Å². The van der Waals surface area contributed by atoms with Crippen LogP contribution in [-0.2, 0) is 4.74 Å². The lowest BCUT2D eigenvalue weighted by atomic mass is 10.00. The summed E-state index contributed by atoms with van der Waals surface area (Å²) in [5, 5.41) is 0. The molecule has 3 N–H and O–H groups in total. The van der Waals surface area contributed by atoms with Crippen molar-refractivity contribution in [1.82, 2.24) is 5.43 Å². The molecule has 3 nitrogen and oxygen atoms in total. The maximum atomic E-state index is 5.58. The van der Waals surface area contributed by atoms with Gasteiger partial charge in [-0.15, -0.1) is 0 Å². The monoisotopic (exact) mass is 222 g/mol. The Labute approximate surface area is 98.0 Å². The van der Waals surface area contributed by atoms with Gasteiger partial charge in [0.2, 0.25) is 0 Å². The molecule has 3 heteroatoms. The lowest BCUT2D eigenvalue weighted by molar-refractivity contribution is 0.106. The maximum Gasteiger partial charge on any atom is 0.0543 e. The minimum absolute atomic E-state index is 0.207. The Morgan fingerprint density at radius 2 is 1.88 bits per heavy atom. The molecular weight excluding hydrogens is 200 g/mol. The highest BCUT2D eigenvalue weighted by Crippen LogP contribution is 2.19. The summed E-state index contributed by atoms with van der Waals surface area (Å²) in [5.74, 6) is 5.58. The lowest BCUT2D eigenvalue weighted by Crippen LogP contribution is -2.28. The first-order valence-electron chi connectivity index (χ1n) is 5.73. The number of hydrogen-bond donors (Lipinski definition) is 2. The van der Waals surface area contributed by atoms with E-state index in [4.69, 9.17) is 10.6 Å². The van der Waals surface area contributed by atoms with E-state index in [1.807, 2.05) is 0 Å². The van der Waals surface area contributed by atoms with Crippen molar-refractivity contribution in [3.8, 4) is 0 Å². The van der Waals surface area contributed by atoms with Crippen molar-refractivity contribution < 1.29 is 4.74 Å². The molecule has 0 saturated heterocycles. The first kappa shape index (κ1) is 13.2. The van der Waals surface area contributed by atoms with Crippen molar-refractivity contribution in [1.29, 1.82) is 0 Å². The van der Waals surface area contributed by atoms with Crippen molar-refractivity contribution in [2.45, 2.75) is 38.8 Å². The molecule has 0 amide bonds. The normalized spacial score (nSPS) is 14.8. The summed E-state index contributed by atoms with van der Waals surface area (Å²) in [5.41, 5.74) is 5.36. The molecule has 1 rings (SSSR count). The van der Waals surface area contributed by atoms with Gasteiger partial charge in [0.05, 0.1) is 6.10 Å². The number of aryl methyl sites for hydroxylation is 1. The molecule has 0 heterocycles. The zero-order valence-corrected chi connectivity index (χ0v) is 10.4. The van der Waals surface area contributed by atoms with E-state index >= 15 is 0 Å². The second-order valence-corrected chi connectivity index (χ2v) is 4.25.